The standard InChI is InChI=1S/C31H24F2N4O5S/c1-34-30(38)28-22-13-21(25-14-24(35-31(39)36-25)18-11-17-5-4-6-23(33)20(17)12-18)26(37(2)43(3,40)41)15-27(22)42-29(28)16-7-9-19(32)10-8-16/h4-10,12-15H,11H2,1-3H3,(H,34,38)(H,35,36,39). The number of hydrogen-bond acceptors (Lipinski definition) is 6. The molecule has 1 aliphatic carbocycles. The van der Waals surface area contributed by atoms with E-state index in [1.165, 1.54) is 50.5 Å². The van der Waals surface area contributed by atoms with Crippen LogP contribution in [0.3, 0.4) is 0 Å². The Kier molecular flexibility index (Phi) is 6.73. The molecule has 218 valence electrons. The van der Waals surface area contributed by atoms with Crippen LogP contribution in [0.4, 0.5) is 14.5 Å². The van der Waals surface area contributed by atoms with Gasteiger partial charge in [0.05, 0.1) is 28.9 Å². The number of rotatable bonds is 6. The first-order valence-corrected chi connectivity index (χ1v) is 14.9. The molecule has 0 spiro atoms. The van der Waals surface area contributed by atoms with Gasteiger partial charge in [-0.3, -0.25) is 9.10 Å². The number of fused-ring (bicyclic) bond motifs is 2. The molecule has 5 aromatic rings. The average Bonchev–Trinajstić information content (AvgIpc) is 3.58. The Balaban J connectivity index is 1.60. The van der Waals surface area contributed by atoms with Crippen LogP contribution in [0.1, 0.15) is 27.2 Å². The van der Waals surface area contributed by atoms with E-state index >= 15 is 0 Å². The third kappa shape index (κ3) is 4.99. The molecular formula is C31H24F2N4O5S. The maximum atomic E-state index is 14.4. The Bertz CT molecular complexity index is 2150. The lowest BCUT2D eigenvalue weighted by molar-refractivity contribution is 0.0964. The highest BCUT2D eigenvalue weighted by molar-refractivity contribution is 7.92. The number of anilines is 1. The summed E-state index contributed by atoms with van der Waals surface area (Å²) in [4.78, 5) is 32.8. The molecule has 0 aliphatic heterocycles. The van der Waals surface area contributed by atoms with E-state index in [0.717, 1.165) is 16.1 Å². The number of hydrogen-bond donors (Lipinski definition) is 2. The van der Waals surface area contributed by atoms with Crippen molar-refractivity contribution in [2.24, 2.45) is 0 Å². The van der Waals surface area contributed by atoms with Crippen LogP contribution < -0.4 is 15.3 Å². The van der Waals surface area contributed by atoms with Gasteiger partial charge in [0.1, 0.15) is 23.0 Å². The number of aromatic amines is 1. The summed E-state index contributed by atoms with van der Waals surface area (Å²) in [7, 11) is -1.00. The highest BCUT2D eigenvalue weighted by atomic mass is 32.2. The largest absolute Gasteiger partial charge is 0.455 e. The molecule has 2 heterocycles. The van der Waals surface area contributed by atoms with Gasteiger partial charge in [-0.2, -0.15) is 4.98 Å². The molecule has 3 aromatic carbocycles. The Morgan fingerprint density at radius 1 is 1.09 bits per heavy atom. The van der Waals surface area contributed by atoms with Gasteiger partial charge in [0.2, 0.25) is 10.0 Å². The zero-order valence-electron chi connectivity index (χ0n) is 23.2. The molecule has 12 heteroatoms. The van der Waals surface area contributed by atoms with E-state index in [-0.39, 0.29) is 39.5 Å². The number of H-pyrrole nitrogens is 1. The van der Waals surface area contributed by atoms with Crippen LogP contribution in [0.2, 0.25) is 0 Å². The fraction of sp³-hybridized carbons (Fsp3) is 0.129. The smallest absolute Gasteiger partial charge is 0.345 e. The number of sulfonamides is 1. The van der Waals surface area contributed by atoms with E-state index in [0.29, 0.717) is 28.5 Å². The number of furan rings is 1. The highest BCUT2D eigenvalue weighted by Gasteiger charge is 2.27. The molecular weight excluding hydrogens is 578 g/mol. The van der Waals surface area contributed by atoms with Gasteiger partial charge in [0.15, 0.2) is 0 Å². The summed E-state index contributed by atoms with van der Waals surface area (Å²) in [6.07, 6.45) is 3.01. The lowest BCUT2D eigenvalue weighted by atomic mass is 10.00. The van der Waals surface area contributed by atoms with Gasteiger partial charge in [-0.05, 0) is 59.7 Å². The van der Waals surface area contributed by atoms with Crippen molar-refractivity contribution in [3.05, 3.63) is 105 Å². The number of benzene rings is 3. The second kappa shape index (κ2) is 10.3. The van der Waals surface area contributed by atoms with Crippen molar-refractivity contribution in [1.29, 1.82) is 0 Å². The van der Waals surface area contributed by atoms with Crippen LogP contribution in [-0.4, -0.2) is 44.6 Å². The van der Waals surface area contributed by atoms with Crippen LogP contribution in [0.25, 0.3) is 45.2 Å². The summed E-state index contributed by atoms with van der Waals surface area (Å²) in [6.45, 7) is 0. The van der Waals surface area contributed by atoms with Gasteiger partial charge in [-0.15, -0.1) is 0 Å². The third-order valence-corrected chi connectivity index (χ3v) is 8.60. The zero-order valence-corrected chi connectivity index (χ0v) is 24.0. The minimum Gasteiger partial charge on any atom is -0.455 e. The van der Waals surface area contributed by atoms with Crippen molar-refractivity contribution in [3.63, 3.8) is 0 Å². The molecule has 0 radical (unpaired) electrons. The molecule has 0 saturated carbocycles. The molecule has 43 heavy (non-hydrogen) atoms. The number of allylic oxidation sites excluding steroid dienone is 1. The van der Waals surface area contributed by atoms with E-state index in [4.69, 9.17) is 4.42 Å². The maximum absolute atomic E-state index is 14.4. The Labute approximate surface area is 244 Å². The predicted octanol–water partition coefficient (Wildman–Crippen LogP) is 4.98. The molecule has 9 nitrogen and oxygen atoms in total. The minimum absolute atomic E-state index is 0.139. The van der Waals surface area contributed by atoms with Gasteiger partial charge in [-0.1, -0.05) is 12.1 Å². The number of carbonyl (C=O) groups is 1. The van der Waals surface area contributed by atoms with Gasteiger partial charge in [0, 0.05) is 48.7 Å². The van der Waals surface area contributed by atoms with E-state index in [9.17, 15) is 26.8 Å². The van der Waals surface area contributed by atoms with Crippen molar-refractivity contribution in [2.75, 3.05) is 24.7 Å². The molecule has 0 bridgehead atoms. The average molecular weight is 603 g/mol. The molecule has 0 fully saturated rings. The van der Waals surface area contributed by atoms with Crippen molar-refractivity contribution in [3.8, 4) is 22.6 Å². The minimum atomic E-state index is -3.80. The SMILES string of the molecule is CNC(=O)c1c(-c2ccc(F)cc2)oc2cc(N(C)S(C)(=O)=O)c(-c3cc(C4=Cc5c(F)cccc5C4)nc(=O)[nH]3)cc12. The second-order valence-electron chi connectivity index (χ2n) is 10.1. The second-order valence-corrected chi connectivity index (χ2v) is 12.1. The monoisotopic (exact) mass is 602 g/mol. The van der Waals surface area contributed by atoms with Crippen LogP contribution in [0, 0.1) is 11.6 Å². The Morgan fingerprint density at radius 2 is 1.84 bits per heavy atom. The lowest BCUT2D eigenvalue weighted by Crippen LogP contribution is -2.25. The van der Waals surface area contributed by atoms with Gasteiger partial charge in [0.25, 0.3) is 5.91 Å². The highest BCUT2D eigenvalue weighted by Crippen LogP contribution is 2.41. The van der Waals surface area contributed by atoms with Gasteiger partial charge < -0.3 is 14.7 Å². The number of nitrogens with zero attached hydrogens (tertiary/aromatic N) is 2. The predicted molar refractivity (Wildman–Crippen MR) is 160 cm³/mol. The molecule has 1 aliphatic rings. The number of carbonyl (C=O) groups excluding carboxylic acids is 1. The normalized spacial score (nSPS) is 12.7. The van der Waals surface area contributed by atoms with Crippen molar-refractivity contribution >= 4 is 44.2 Å². The van der Waals surface area contributed by atoms with Crippen LogP contribution in [0.5, 0.6) is 0 Å². The molecule has 6 rings (SSSR count). The number of nitrogens with one attached hydrogen (secondary N) is 2. The number of amides is 1. The van der Waals surface area contributed by atoms with Crippen molar-refractivity contribution < 1.29 is 26.4 Å². The summed E-state index contributed by atoms with van der Waals surface area (Å²) < 4.78 is 60.6. The summed E-state index contributed by atoms with van der Waals surface area (Å²) in [5.41, 5.74) is 2.74. The van der Waals surface area contributed by atoms with E-state index in [1.54, 1.807) is 30.3 Å². The molecule has 2 aromatic heterocycles. The van der Waals surface area contributed by atoms with Gasteiger partial charge >= 0.3 is 5.69 Å². The van der Waals surface area contributed by atoms with E-state index in [2.05, 4.69) is 15.3 Å². The number of halogens is 2. The maximum Gasteiger partial charge on any atom is 0.345 e. The Hall–Kier alpha value is -5.10. The van der Waals surface area contributed by atoms with Crippen LogP contribution >= 0.6 is 0 Å². The van der Waals surface area contributed by atoms with Crippen molar-refractivity contribution in [2.45, 2.75) is 6.42 Å². The molecule has 1 amide bonds. The van der Waals surface area contributed by atoms with Crippen LogP contribution in [-0.2, 0) is 16.4 Å². The molecule has 0 saturated heterocycles. The fourth-order valence-corrected chi connectivity index (χ4v) is 5.71. The fourth-order valence-electron chi connectivity index (χ4n) is 5.20. The first kappa shape index (κ1) is 28.0. The quantitative estimate of drug-likeness (QED) is 0.283. The molecule has 0 unspecified atom stereocenters. The first-order chi connectivity index (χ1) is 20.4. The summed E-state index contributed by atoms with van der Waals surface area (Å²) in [5.74, 6) is -1.20. The first-order valence-electron chi connectivity index (χ1n) is 13.1. The summed E-state index contributed by atoms with van der Waals surface area (Å²) >= 11 is 0. The Morgan fingerprint density at radius 3 is 2.51 bits per heavy atom. The van der Waals surface area contributed by atoms with Gasteiger partial charge in [-0.25, -0.2) is 22.0 Å². The number of aromatic nitrogens is 2. The third-order valence-electron chi connectivity index (χ3n) is 7.41. The molecule has 2 N–H and O–H groups in total. The van der Waals surface area contributed by atoms with Crippen molar-refractivity contribution in [1.82, 2.24) is 15.3 Å². The summed E-state index contributed by atoms with van der Waals surface area (Å²) in [6, 6.07) is 14.7. The molecule has 0 atom stereocenters. The van der Waals surface area contributed by atoms with E-state index in [1.807, 2.05) is 0 Å². The zero-order chi connectivity index (χ0) is 30.6. The lowest BCUT2D eigenvalue weighted by Gasteiger charge is -2.20. The van der Waals surface area contributed by atoms with Crippen LogP contribution in [0.15, 0.2) is 69.9 Å². The topological polar surface area (TPSA) is 125 Å². The van der Waals surface area contributed by atoms with E-state index < -0.39 is 33.3 Å². The summed E-state index contributed by atoms with van der Waals surface area (Å²) in [5, 5.41) is 2.91.